The number of nitrogens with zero attached hydrogens (tertiary/aromatic N) is 2. The van der Waals surface area contributed by atoms with Crippen molar-refractivity contribution >= 4 is 22.8 Å². The Kier molecular flexibility index (Phi) is 6.13. The fourth-order valence-corrected chi connectivity index (χ4v) is 2.86. The van der Waals surface area contributed by atoms with E-state index in [2.05, 4.69) is 10.3 Å². The highest BCUT2D eigenvalue weighted by atomic mass is 16.4. The largest absolute Gasteiger partial charge is 0.480 e. The number of hydrogen-bond donors (Lipinski definition) is 2. The van der Waals surface area contributed by atoms with E-state index in [1.54, 1.807) is 38.1 Å². The molecule has 0 fully saturated rings. The summed E-state index contributed by atoms with van der Waals surface area (Å²) < 4.78 is 1.30. The summed E-state index contributed by atoms with van der Waals surface area (Å²) in [7, 11) is 0. The first-order valence-corrected chi connectivity index (χ1v) is 8.71. The van der Waals surface area contributed by atoms with Crippen LogP contribution in [-0.4, -0.2) is 32.6 Å². The summed E-state index contributed by atoms with van der Waals surface area (Å²) >= 11 is 0. The second-order valence-electron chi connectivity index (χ2n) is 7.19. The van der Waals surface area contributed by atoms with Crippen molar-refractivity contribution in [2.24, 2.45) is 11.8 Å². The minimum absolute atomic E-state index is 0.131. The molecule has 7 heteroatoms. The van der Waals surface area contributed by atoms with Gasteiger partial charge in [-0.1, -0.05) is 39.8 Å². The molecule has 26 heavy (non-hydrogen) atoms. The third-order valence-corrected chi connectivity index (χ3v) is 4.25. The number of carbonyl (C=O) groups excluding carboxylic acids is 1. The van der Waals surface area contributed by atoms with E-state index in [1.807, 2.05) is 13.8 Å². The number of rotatable bonds is 7. The number of amides is 1. The van der Waals surface area contributed by atoms with Gasteiger partial charge in [0.05, 0.1) is 17.2 Å². The molecule has 7 nitrogen and oxygen atoms in total. The summed E-state index contributed by atoms with van der Waals surface area (Å²) in [4.78, 5) is 41.3. The first-order valence-electron chi connectivity index (χ1n) is 8.71. The lowest BCUT2D eigenvalue weighted by atomic mass is 10.00. The third-order valence-electron chi connectivity index (χ3n) is 4.25. The van der Waals surface area contributed by atoms with E-state index < -0.39 is 24.0 Å². The van der Waals surface area contributed by atoms with Crippen LogP contribution in [0, 0.1) is 11.8 Å². The minimum atomic E-state index is -1.10. The first kappa shape index (κ1) is 19.6. The minimum Gasteiger partial charge on any atom is -0.480 e. The molecule has 0 saturated carbocycles. The standard InChI is InChI=1S/C19H25N3O4/c1-11(2)9-15(17(23)21-16(12(3)4)19(25)26)22-10-20-14-8-6-5-7-13(14)18(22)24/h5-8,10-12,15-16H,9H2,1-4H3,(H,21,23)(H,25,26)/t15-,16-/m0/s1. The lowest BCUT2D eigenvalue weighted by Crippen LogP contribution is -2.48. The van der Waals surface area contributed by atoms with Crippen LogP contribution in [0.25, 0.3) is 10.9 Å². The summed E-state index contributed by atoms with van der Waals surface area (Å²) in [6.07, 6.45) is 1.76. The SMILES string of the molecule is CC(C)C[C@@H](C(=O)N[C@H](C(=O)O)C(C)C)n1cnc2ccccc2c1=O. The van der Waals surface area contributed by atoms with Gasteiger partial charge < -0.3 is 10.4 Å². The quantitative estimate of drug-likeness (QED) is 0.789. The van der Waals surface area contributed by atoms with Crippen LogP contribution in [0.2, 0.25) is 0 Å². The van der Waals surface area contributed by atoms with Crippen molar-refractivity contribution < 1.29 is 14.7 Å². The molecule has 2 aromatic rings. The van der Waals surface area contributed by atoms with Crippen LogP contribution < -0.4 is 10.9 Å². The van der Waals surface area contributed by atoms with Gasteiger partial charge in [0.1, 0.15) is 12.1 Å². The van der Waals surface area contributed by atoms with Crippen molar-refractivity contribution in [3.05, 3.63) is 40.9 Å². The van der Waals surface area contributed by atoms with Gasteiger partial charge in [-0.15, -0.1) is 0 Å². The van der Waals surface area contributed by atoms with Gasteiger partial charge in [0.25, 0.3) is 5.56 Å². The van der Waals surface area contributed by atoms with E-state index in [4.69, 9.17) is 0 Å². The van der Waals surface area contributed by atoms with Crippen LogP contribution in [0.1, 0.15) is 40.2 Å². The molecule has 140 valence electrons. The molecule has 0 aliphatic rings. The van der Waals surface area contributed by atoms with Crippen LogP contribution in [0.4, 0.5) is 0 Å². The molecule has 0 saturated heterocycles. The van der Waals surface area contributed by atoms with Crippen molar-refractivity contribution in [1.29, 1.82) is 0 Å². The summed E-state index contributed by atoms with van der Waals surface area (Å²) in [5, 5.41) is 12.3. The molecule has 2 rings (SSSR count). The molecular formula is C19H25N3O4. The lowest BCUT2D eigenvalue weighted by molar-refractivity contribution is -0.143. The molecule has 0 aliphatic carbocycles. The number of aromatic nitrogens is 2. The Balaban J connectivity index is 2.44. The number of benzene rings is 1. The Morgan fingerprint density at radius 1 is 1.19 bits per heavy atom. The molecule has 0 unspecified atom stereocenters. The maximum atomic E-state index is 12.8. The highest BCUT2D eigenvalue weighted by Crippen LogP contribution is 2.18. The van der Waals surface area contributed by atoms with Crippen molar-refractivity contribution in [3.8, 4) is 0 Å². The van der Waals surface area contributed by atoms with E-state index in [-0.39, 0.29) is 17.4 Å². The summed E-state index contributed by atoms with van der Waals surface area (Å²) in [6.45, 7) is 7.33. The van der Waals surface area contributed by atoms with Crippen molar-refractivity contribution in [1.82, 2.24) is 14.9 Å². The van der Waals surface area contributed by atoms with Crippen molar-refractivity contribution in [3.63, 3.8) is 0 Å². The van der Waals surface area contributed by atoms with Crippen LogP contribution >= 0.6 is 0 Å². The summed E-state index contributed by atoms with van der Waals surface area (Å²) in [5.74, 6) is -1.73. The zero-order valence-corrected chi connectivity index (χ0v) is 15.5. The van der Waals surface area contributed by atoms with E-state index >= 15 is 0 Å². The van der Waals surface area contributed by atoms with E-state index in [0.29, 0.717) is 17.3 Å². The number of aliphatic carboxylic acids is 1. The Morgan fingerprint density at radius 2 is 1.85 bits per heavy atom. The zero-order chi connectivity index (χ0) is 19.4. The van der Waals surface area contributed by atoms with Gasteiger partial charge in [0.2, 0.25) is 5.91 Å². The first-order chi connectivity index (χ1) is 12.2. The fourth-order valence-electron chi connectivity index (χ4n) is 2.86. The predicted octanol–water partition coefficient (Wildman–Crippen LogP) is 2.21. The average molecular weight is 359 g/mol. The van der Waals surface area contributed by atoms with E-state index in [1.165, 1.54) is 10.9 Å². The van der Waals surface area contributed by atoms with E-state index in [0.717, 1.165) is 0 Å². The smallest absolute Gasteiger partial charge is 0.326 e. The number of carbonyl (C=O) groups is 2. The van der Waals surface area contributed by atoms with Gasteiger partial charge in [0, 0.05) is 0 Å². The van der Waals surface area contributed by atoms with Crippen LogP contribution in [0.5, 0.6) is 0 Å². The molecule has 1 amide bonds. The Labute approximate surface area is 152 Å². The maximum absolute atomic E-state index is 12.8. The van der Waals surface area contributed by atoms with Crippen LogP contribution in [0.15, 0.2) is 35.4 Å². The number of nitrogens with one attached hydrogen (secondary N) is 1. The van der Waals surface area contributed by atoms with Crippen LogP contribution in [-0.2, 0) is 9.59 Å². The maximum Gasteiger partial charge on any atom is 0.326 e. The second-order valence-corrected chi connectivity index (χ2v) is 7.19. The third kappa shape index (κ3) is 4.28. The molecule has 1 heterocycles. The summed E-state index contributed by atoms with van der Waals surface area (Å²) in [6, 6.07) is 5.10. The van der Waals surface area contributed by atoms with Gasteiger partial charge in [-0.3, -0.25) is 14.2 Å². The Morgan fingerprint density at radius 3 is 2.42 bits per heavy atom. The fraction of sp³-hybridized carbons (Fsp3) is 0.474. The predicted molar refractivity (Wildman–Crippen MR) is 98.9 cm³/mol. The number of fused-ring (bicyclic) bond motifs is 1. The topological polar surface area (TPSA) is 101 Å². The number of carboxylic acid groups (broad SMARTS) is 1. The normalized spacial score (nSPS) is 13.8. The Hall–Kier alpha value is -2.70. The second kappa shape index (κ2) is 8.12. The van der Waals surface area contributed by atoms with Crippen molar-refractivity contribution in [2.75, 3.05) is 0 Å². The zero-order valence-electron chi connectivity index (χ0n) is 15.5. The van der Waals surface area contributed by atoms with Gasteiger partial charge in [-0.05, 0) is 30.4 Å². The summed E-state index contributed by atoms with van der Waals surface area (Å²) in [5.41, 5.74) is 0.246. The molecule has 0 aliphatic heterocycles. The lowest BCUT2D eigenvalue weighted by Gasteiger charge is -2.24. The molecule has 1 aromatic heterocycles. The monoisotopic (exact) mass is 359 g/mol. The molecular weight excluding hydrogens is 334 g/mol. The molecule has 1 aromatic carbocycles. The van der Waals surface area contributed by atoms with Gasteiger partial charge >= 0.3 is 5.97 Å². The molecule has 2 atom stereocenters. The molecule has 0 bridgehead atoms. The number of para-hydroxylation sites is 1. The molecule has 0 radical (unpaired) electrons. The number of hydrogen-bond acceptors (Lipinski definition) is 4. The molecule has 2 N–H and O–H groups in total. The van der Waals surface area contributed by atoms with Crippen LogP contribution in [0.3, 0.4) is 0 Å². The average Bonchev–Trinajstić information content (AvgIpc) is 2.57. The van der Waals surface area contributed by atoms with E-state index in [9.17, 15) is 19.5 Å². The van der Waals surface area contributed by atoms with Gasteiger partial charge in [0.15, 0.2) is 0 Å². The van der Waals surface area contributed by atoms with Crippen molar-refractivity contribution in [2.45, 2.75) is 46.2 Å². The van der Waals surface area contributed by atoms with Gasteiger partial charge in [-0.2, -0.15) is 0 Å². The number of carboxylic acids is 1. The van der Waals surface area contributed by atoms with Gasteiger partial charge in [-0.25, -0.2) is 9.78 Å². The highest BCUT2D eigenvalue weighted by molar-refractivity contribution is 5.86. The molecule has 0 spiro atoms. The Bertz CT molecular complexity index is 857. The highest BCUT2D eigenvalue weighted by Gasteiger charge is 2.29.